The smallest absolute Gasteiger partial charge is 0.235 e. The van der Waals surface area contributed by atoms with Crippen molar-refractivity contribution < 1.29 is 9.59 Å². The first-order valence-corrected chi connectivity index (χ1v) is 11.5. The van der Waals surface area contributed by atoms with Crippen LogP contribution in [-0.4, -0.2) is 42.9 Å². The van der Waals surface area contributed by atoms with Crippen molar-refractivity contribution in [1.29, 1.82) is 0 Å². The van der Waals surface area contributed by atoms with Gasteiger partial charge in [0, 0.05) is 49.5 Å². The van der Waals surface area contributed by atoms with E-state index in [0.717, 1.165) is 68.8 Å². The van der Waals surface area contributed by atoms with Crippen LogP contribution >= 0.6 is 11.6 Å². The third-order valence-corrected chi connectivity index (χ3v) is 7.01. The molecule has 1 heterocycles. The Bertz CT molecular complexity index is 913. The molecule has 0 atom stereocenters. The summed E-state index contributed by atoms with van der Waals surface area (Å²) in [7, 11) is 0. The molecule has 2 aromatic rings. The molecule has 2 fully saturated rings. The fraction of sp³-hybridized carbons (Fsp3) is 0.440. The quantitative estimate of drug-likeness (QED) is 0.740. The second-order valence-electron chi connectivity index (χ2n) is 8.64. The number of nitrogens with zero attached hydrogens (tertiary/aromatic N) is 2. The van der Waals surface area contributed by atoms with Crippen LogP contribution < -0.4 is 10.2 Å². The molecule has 2 aliphatic rings. The number of carbonyl (C=O) groups excluding carboxylic acids is 2. The van der Waals surface area contributed by atoms with Crippen molar-refractivity contribution in [3.05, 3.63) is 59.1 Å². The number of halogens is 1. The van der Waals surface area contributed by atoms with E-state index in [4.69, 9.17) is 11.6 Å². The summed E-state index contributed by atoms with van der Waals surface area (Å²) in [5, 5.41) is 3.86. The number of benzene rings is 2. The Balaban J connectivity index is 1.46. The molecule has 2 amide bonds. The van der Waals surface area contributed by atoms with Crippen LogP contribution in [0.3, 0.4) is 0 Å². The Hall–Kier alpha value is -2.53. The minimum absolute atomic E-state index is 0.0670. The van der Waals surface area contributed by atoms with Crippen molar-refractivity contribution in [2.24, 2.45) is 0 Å². The lowest BCUT2D eigenvalue weighted by molar-refractivity contribution is -0.129. The van der Waals surface area contributed by atoms with Gasteiger partial charge in [0.05, 0.1) is 5.41 Å². The maximum atomic E-state index is 13.5. The molecule has 0 radical (unpaired) electrons. The van der Waals surface area contributed by atoms with E-state index in [0.29, 0.717) is 5.02 Å². The Morgan fingerprint density at radius 3 is 2.06 bits per heavy atom. The van der Waals surface area contributed by atoms with E-state index in [1.54, 1.807) is 6.92 Å². The summed E-state index contributed by atoms with van der Waals surface area (Å²) in [6.45, 7) is 4.76. The normalized spacial score (nSPS) is 18.5. The topological polar surface area (TPSA) is 52.7 Å². The van der Waals surface area contributed by atoms with Gasteiger partial charge in [-0.05, 0) is 54.8 Å². The van der Waals surface area contributed by atoms with Gasteiger partial charge < -0.3 is 15.1 Å². The van der Waals surface area contributed by atoms with Gasteiger partial charge in [-0.3, -0.25) is 9.59 Å². The second kappa shape index (κ2) is 9.31. The van der Waals surface area contributed by atoms with Crippen LogP contribution in [0.2, 0.25) is 5.02 Å². The van der Waals surface area contributed by atoms with Gasteiger partial charge in [-0.25, -0.2) is 0 Å². The Kier molecular flexibility index (Phi) is 6.51. The van der Waals surface area contributed by atoms with E-state index < -0.39 is 5.41 Å². The van der Waals surface area contributed by atoms with E-state index in [9.17, 15) is 9.59 Å². The highest BCUT2D eigenvalue weighted by atomic mass is 35.5. The third kappa shape index (κ3) is 4.72. The highest BCUT2D eigenvalue weighted by Gasteiger charge is 2.41. The average molecular weight is 440 g/mol. The minimum atomic E-state index is -0.496. The number of hydrogen-bond donors (Lipinski definition) is 1. The molecule has 0 unspecified atom stereocenters. The number of amides is 2. The summed E-state index contributed by atoms with van der Waals surface area (Å²) in [5.74, 6) is 0.201. The van der Waals surface area contributed by atoms with Gasteiger partial charge in [0.2, 0.25) is 11.8 Å². The van der Waals surface area contributed by atoms with Crippen LogP contribution in [-0.2, 0) is 15.0 Å². The van der Waals surface area contributed by atoms with Gasteiger partial charge >= 0.3 is 0 Å². The zero-order valence-electron chi connectivity index (χ0n) is 18.1. The maximum Gasteiger partial charge on any atom is 0.235 e. The number of nitrogens with one attached hydrogen (secondary N) is 1. The lowest BCUT2D eigenvalue weighted by Gasteiger charge is -2.37. The highest BCUT2D eigenvalue weighted by Crippen LogP contribution is 2.41. The number of hydrogen-bond acceptors (Lipinski definition) is 3. The lowest BCUT2D eigenvalue weighted by atomic mass is 9.68. The first-order chi connectivity index (χ1) is 15.0. The van der Waals surface area contributed by atoms with Crippen molar-refractivity contribution in [3.8, 4) is 0 Å². The summed E-state index contributed by atoms with van der Waals surface area (Å²) in [5.41, 5.74) is 2.49. The van der Waals surface area contributed by atoms with E-state index in [1.165, 1.54) is 6.42 Å². The van der Waals surface area contributed by atoms with Gasteiger partial charge in [-0.15, -0.1) is 0 Å². The molecule has 1 N–H and O–H groups in total. The summed E-state index contributed by atoms with van der Waals surface area (Å²) in [6.07, 6.45) is 5.01. The van der Waals surface area contributed by atoms with Crippen LogP contribution in [0, 0.1) is 0 Å². The van der Waals surface area contributed by atoms with Crippen LogP contribution in [0.4, 0.5) is 11.4 Å². The van der Waals surface area contributed by atoms with Crippen molar-refractivity contribution in [2.75, 3.05) is 36.4 Å². The minimum Gasteiger partial charge on any atom is -0.368 e. The zero-order valence-corrected chi connectivity index (χ0v) is 18.8. The maximum absolute atomic E-state index is 13.5. The van der Waals surface area contributed by atoms with Crippen LogP contribution in [0.25, 0.3) is 0 Å². The number of carbonyl (C=O) groups is 2. The van der Waals surface area contributed by atoms with Crippen molar-refractivity contribution in [2.45, 2.75) is 44.4 Å². The molecule has 0 aromatic heterocycles. The van der Waals surface area contributed by atoms with Crippen LogP contribution in [0.1, 0.15) is 44.6 Å². The lowest BCUT2D eigenvalue weighted by Crippen LogP contribution is -2.48. The Labute approximate surface area is 189 Å². The molecule has 1 aliphatic heterocycles. The molecule has 2 aromatic carbocycles. The largest absolute Gasteiger partial charge is 0.368 e. The van der Waals surface area contributed by atoms with Crippen molar-refractivity contribution in [1.82, 2.24) is 4.90 Å². The molecule has 164 valence electrons. The third-order valence-electron chi connectivity index (χ3n) is 6.75. The van der Waals surface area contributed by atoms with Crippen molar-refractivity contribution >= 4 is 34.8 Å². The van der Waals surface area contributed by atoms with Crippen LogP contribution in [0.15, 0.2) is 48.5 Å². The predicted octanol–water partition coefficient (Wildman–Crippen LogP) is 4.85. The molecular weight excluding hydrogens is 410 g/mol. The summed E-state index contributed by atoms with van der Waals surface area (Å²) >= 11 is 6.08. The second-order valence-corrected chi connectivity index (χ2v) is 9.08. The Morgan fingerprint density at radius 1 is 0.871 bits per heavy atom. The monoisotopic (exact) mass is 439 g/mol. The number of rotatable bonds is 4. The van der Waals surface area contributed by atoms with Gasteiger partial charge in [-0.2, -0.15) is 0 Å². The van der Waals surface area contributed by atoms with Gasteiger partial charge in [0.1, 0.15) is 0 Å². The molecule has 1 saturated heterocycles. The SMILES string of the molecule is CC(=O)N1CCN(c2ccc(NC(=O)C3(c4ccc(Cl)cc4)CCCCC3)cc2)CC1. The number of piperazine rings is 1. The van der Waals surface area contributed by atoms with E-state index in [2.05, 4.69) is 22.3 Å². The molecule has 0 spiro atoms. The summed E-state index contributed by atoms with van der Waals surface area (Å²) in [4.78, 5) is 29.2. The fourth-order valence-corrected chi connectivity index (χ4v) is 4.98. The summed E-state index contributed by atoms with van der Waals surface area (Å²) < 4.78 is 0. The molecule has 4 rings (SSSR count). The van der Waals surface area contributed by atoms with Crippen LogP contribution in [0.5, 0.6) is 0 Å². The average Bonchev–Trinajstić information content (AvgIpc) is 2.80. The fourth-order valence-electron chi connectivity index (χ4n) is 4.86. The van der Waals surface area contributed by atoms with Gasteiger partial charge in [0.15, 0.2) is 0 Å². The van der Waals surface area contributed by atoms with Crippen molar-refractivity contribution in [3.63, 3.8) is 0 Å². The highest BCUT2D eigenvalue weighted by molar-refractivity contribution is 6.30. The summed E-state index contributed by atoms with van der Waals surface area (Å²) in [6, 6.07) is 15.8. The predicted molar refractivity (Wildman–Crippen MR) is 126 cm³/mol. The van der Waals surface area contributed by atoms with E-state index in [-0.39, 0.29) is 11.8 Å². The van der Waals surface area contributed by atoms with Gasteiger partial charge in [-0.1, -0.05) is 43.0 Å². The van der Waals surface area contributed by atoms with E-state index >= 15 is 0 Å². The molecule has 1 aliphatic carbocycles. The molecule has 0 bridgehead atoms. The Morgan fingerprint density at radius 2 is 1.48 bits per heavy atom. The molecule has 1 saturated carbocycles. The first kappa shape index (κ1) is 21.7. The first-order valence-electron chi connectivity index (χ1n) is 11.2. The standard InChI is InChI=1S/C25H30ClN3O2/c1-19(30)28-15-17-29(18-16-28)23-11-9-22(10-12-23)27-24(31)25(13-3-2-4-14-25)20-5-7-21(26)8-6-20/h5-12H,2-4,13-18H2,1H3,(H,27,31). The molecule has 31 heavy (non-hydrogen) atoms. The number of anilines is 2. The van der Waals surface area contributed by atoms with Gasteiger partial charge in [0.25, 0.3) is 0 Å². The zero-order chi connectivity index (χ0) is 21.8. The van der Waals surface area contributed by atoms with E-state index in [1.807, 2.05) is 41.3 Å². The molecule has 5 nitrogen and oxygen atoms in total. The molecular formula is C25H30ClN3O2. The molecule has 6 heteroatoms.